The van der Waals surface area contributed by atoms with Crippen LogP contribution in [0.3, 0.4) is 0 Å². The average molecular weight is 289 g/mol. The molecule has 0 bridgehead atoms. The lowest BCUT2D eigenvalue weighted by Crippen LogP contribution is -2.43. The number of esters is 1. The highest BCUT2D eigenvalue weighted by Gasteiger charge is 2.41. The van der Waals surface area contributed by atoms with Gasteiger partial charge in [0.1, 0.15) is 0 Å². The molecule has 1 aliphatic carbocycles. The maximum atomic E-state index is 12.7. The molecule has 0 radical (unpaired) electrons. The Balaban J connectivity index is 2.19. The fourth-order valence-electron chi connectivity index (χ4n) is 3.12. The van der Waals surface area contributed by atoms with Crippen molar-refractivity contribution in [3.05, 3.63) is 35.9 Å². The van der Waals surface area contributed by atoms with Gasteiger partial charge in [-0.05, 0) is 24.8 Å². The van der Waals surface area contributed by atoms with Crippen LogP contribution in [-0.4, -0.2) is 19.0 Å². The molecule has 1 aromatic carbocycles. The third kappa shape index (κ3) is 3.26. The highest BCUT2D eigenvalue weighted by atomic mass is 16.5. The van der Waals surface area contributed by atoms with E-state index in [2.05, 4.69) is 5.32 Å². The highest BCUT2D eigenvalue weighted by molar-refractivity contribution is 5.88. The summed E-state index contributed by atoms with van der Waals surface area (Å²) in [5.41, 5.74) is 0.433. The standard InChI is InChI=1S/C17H23NO3/c1-3-17(11-7-8-12-17)16(20)18-14(15(19)21-2)13-9-5-4-6-10-13/h4-6,9-10,14H,3,7-8,11-12H2,1-2H3,(H,18,20). The minimum atomic E-state index is -0.729. The van der Waals surface area contributed by atoms with Gasteiger partial charge in [0, 0.05) is 5.41 Å². The molecule has 1 unspecified atom stereocenters. The molecule has 0 aliphatic heterocycles. The maximum absolute atomic E-state index is 12.7. The summed E-state index contributed by atoms with van der Waals surface area (Å²) in [4.78, 5) is 24.7. The maximum Gasteiger partial charge on any atom is 0.333 e. The SMILES string of the molecule is CCC1(C(=O)NC(C(=O)OC)c2ccccc2)CCCC1. The van der Waals surface area contributed by atoms with E-state index in [1.54, 1.807) is 0 Å². The fourth-order valence-corrected chi connectivity index (χ4v) is 3.12. The van der Waals surface area contributed by atoms with Gasteiger partial charge in [0.2, 0.25) is 5.91 Å². The molecule has 0 spiro atoms. The Hall–Kier alpha value is -1.84. The van der Waals surface area contributed by atoms with E-state index in [0.29, 0.717) is 0 Å². The number of nitrogens with one attached hydrogen (secondary N) is 1. The van der Waals surface area contributed by atoms with Crippen molar-refractivity contribution >= 4 is 11.9 Å². The van der Waals surface area contributed by atoms with Crippen molar-refractivity contribution in [1.82, 2.24) is 5.32 Å². The molecule has 114 valence electrons. The quantitative estimate of drug-likeness (QED) is 0.848. The Kier molecular flexibility index (Phi) is 4.99. The first-order valence-corrected chi connectivity index (χ1v) is 7.57. The van der Waals surface area contributed by atoms with Crippen molar-refractivity contribution in [2.45, 2.75) is 45.1 Å². The van der Waals surface area contributed by atoms with Crippen molar-refractivity contribution in [1.29, 1.82) is 0 Å². The monoisotopic (exact) mass is 289 g/mol. The number of carbonyl (C=O) groups is 2. The van der Waals surface area contributed by atoms with Gasteiger partial charge in [0.05, 0.1) is 7.11 Å². The lowest BCUT2D eigenvalue weighted by Gasteiger charge is -2.28. The molecule has 4 heteroatoms. The molecule has 0 aromatic heterocycles. The molecule has 1 aliphatic rings. The second kappa shape index (κ2) is 6.74. The normalized spacial score (nSPS) is 18.0. The Labute approximate surface area is 125 Å². The van der Waals surface area contributed by atoms with Crippen LogP contribution in [0.25, 0.3) is 0 Å². The predicted molar refractivity (Wildman–Crippen MR) is 80.5 cm³/mol. The Morgan fingerprint density at radius 2 is 1.86 bits per heavy atom. The van der Waals surface area contributed by atoms with Gasteiger partial charge in [-0.3, -0.25) is 4.79 Å². The molecule has 1 amide bonds. The van der Waals surface area contributed by atoms with Crippen molar-refractivity contribution in [2.24, 2.45) is 5.41 Å². The smallest absolute Gasteiger partial charge is 0.333 e. The zero-order valence-electron chi connectivity index (χ0n) is 12.7. The van der Waals surface area contributed by atoms with Gasteiger partial charge in [0.15, 0.2) is 6.04 Å². The molecule has 2 rings (SSSR count). The van der Waals surface area contributed by atoms with Crippen molar-refractivity contribution in [3.8, 4) is 0 Å². The summed E-state index contributed by atoms with van der Waals surface area (Å²) in [7, 11) is 1.34. The lowest BCUT2D eigenvalue weighted by molar-refractivity contribution is -0.147. The van der Waals surface area contributed by atoms with E-state index in [-0.39, 0.29) is 11.3 Å². The van der Waals surface area contributed by atoms with Crippen molar-refractivity contribution in [2.75, 3.05) is 7.11 Å². The summed E-state index contributed by atoms with van der Waals surface area (Å²) in [5.74, 6) is -0.458. The van der Waals surface area contributed by atoms with Crippen LogP contribution < -0.4 is 5.32 Å². The molecule has 0 heterocycles. The van der Waals surface area contributed by atoms with Crippen LogP contribution in [0.2, 0.25) is 0 Å². The van der Waals surface area contributed by atoms with Gasteiger partial charge in [-0.25, -0.2) is 4.79 Å². The van der Waals surface area contributed by atoms with E-state index in [4.69, 9.17) is 4.74 Å². The minimum Gasteiger partial charge on any atom is -0.467 e. The van der Waals surface area contributed by atoms with Gasteiger partial charge in [0.25, 0.3) is 0 Å². The van der Waals surface area contributed by atoms with Crippen LogP contribution in [0.4, 0.5) is 0 Å². The predicted octanol–water partition coefficient (Wildman–Crippen LogP) is 2.99. The largest absolute Gasteiger partial charge is 0.467 e. The van der Waals surface area contributed by atoms with E-state index in [1.165, 1.54) is 7.11 Å². The first kappa shape index (κ1) is 15.5. The zero-order chi connectivity index (χ0) is 15.3. The summed E-state index contributed by atoms with van der Waals surface area (Å²) in [6.45, 7) is 2.04. The molecule has 0 saturated heterocycles. The van der Waals surface area contributed by atoms with E-state index in [1.807, 2.05) is 37.3 Å². The molecular weight excluding hydrogens is 266 g/mol. The van der Waals surface area contributed by atoms with E-state index < -0.39 is 12.0 Å². The van der Waals surface area contributed by atoms with E-state index in [0.717, 1.165) is 37.7 Å². The van der Waals surface area contributed by atoms with E-state index in [9.17, 15) is 9.59 Å². The van der Waals surface area contributed by atoms with Crippen LogP contribution in [-0.2, 0) is 14.3 Å². The Morgan fingerprint density at radius 3 is 2.38 bits per heavy atom. The Morgan fingerprint density at radius 1 is 1.24 bits per heavy atom. The molecule has 1 N–H and O–H groups in total. The van der Waals surface area contributed by atoms with Crippen LogP contribution in [0.15, 0.2) is 30.3 Å². The van der Waals surface area contributed by atoms with E-state index >= 15 is 0 Å². The number of ether oxygens (including phenoxy) is 1. The topological polar surface area (TPSA) is 55.4 Å². The summed E-state index contributed by atoms with van der Waals surface area (Å²) < 4.78 is 4.84. The minimum absolute atomic E-state index is 0.0262. The molecule has 4 nitrogen and oxygen atoms in total. The average Bonchev–Trinajstić information content (AvgIpc) is 3.02. The van der Waals surface area contributed by atoms with Crippen LogP contribution in [0.1, 0.15) is 50.6 Å². The van der Waals surface area contributed by atoms with Crippen LogP contribution in [0, 0.1) is 5.41 Å². The molecule has 1 fully saturated rings. The van der Waals surface area contributed by atoms with Gasteiger partial charge in [-0.1, -0.05) is 50.1 Å². The molecule has 1 aromatic rings. The highest BCUT2D eigenvalue weighted by Crippen LogP contribution is 2.41. The van der Waals surface area contributed by atoms with Crippen molar-refractivity contribution < 1.29 is 14.3 Å². The van der Waals surface area contributed by atoms with Crippen LogP contribution in [0.5, 0.6) is 0 Å². The van der Waals surface area contributed by atoms with Gasteiger partial charge >= 0.3 is 5.97 Å². The third-order valence-corrected chi connectivity index (χ3v) is 4.56. The third-order valence-electron chi connectivity index (χ3n) is 4.56. The van der Waals surface area contributed by atoms with Crippen molar-refractivity contribution in [3.63, 3.8) is 0 Å². The first-order valence-electron chi connectivity index (χ1n) is 7.57. The summed E-state index contributed by atoms with van der Waals surface area (Å²) >= 11 is 0. The fraction of sp³-hybridized carbons (Fsp3) is 0.529. The number of methoxy groups -OCH3 is 1. The second-order valence-corrected chi connectivity index (χ2v) is 5.68. The molecular formula is C17H23NO3. The number of amides is 1. The summed E-state index contributed by atoms with van der Waals surface area (Å²) in [6, 6.07) is 8.51. The first-order chi connectivity index (χ1) is 10.1. The van der Waals surface area contributed by atoms with Crippen LogP contribution >= 0.6 is 0 Å². The van der Waals surface area contributed by atoms with Gasteiger partial charge < -0.3 is 10.1 Å². The van der Waals surface area contributed by atoms with Gasteiger partial charge in [-0.2, -0.15) is 0 Å². The zero-order valence-corrected chi connectivity index (χ0v) is 12.7. The molecule has 1 saturated carbocycles. The lowest BCUT2D eigenvalue weighted by atomic mass is 9.82. The summed E-state index contributed by atoms with van der Waals surface area (Å²) in [6.07, 6.45) is 4.77. The number of benzene rings is 1. The number of rotatable bonds is 5. The second-order valence-electron chi connectivity index (χ2n) is 5.68. The molecule has 21 heavy (non-hydrogen) atoms. The number of hydrogen-bond acceptors (Lipinski definition) is 3. The van der Waals surface area contributed by atoms with Gasteiger partial charge in [-0.15, -0.1) is 0 Å². The number of hydrogen-bond donors (Lipinski definition) is 1. The number of carbonyl (C=O) groups excluding carboxylic acids is 2. The summed E-state index contributed by atoms with van der Waals surface area (Å²) in [5, 5.41) is 2.90. The molecule has 1 atom stereocenters. The Bertz CT molecular complexity index is 492.